The number of amides is 4. The average Bonchev–Trinajstić information content (AvgIpc) is 3.02. The van der Waals surface area contributed by atoms with Crippen molar-refractivity contribution in [2.75, 3.05) is 25.5 Å². The van der Waals surface area contributed by atoms with Crippen molar-refractivity contribution >= 4 is 23.5 Å². The first kappa shape index (κ1) is 19.2. The van der Waals surface area contributed by atoms with E-state index in [1.54, 1.807) is 37.4 Å². The second-order valence-corrected chi connectivity index (χ2v) is 6.13. The van der Waals surface area contributed by atoms with E-state index in [1.807, 2.05) is 18.2 Å². The molecule has 0 bridgehead atoms. The highest BCUT2D eigenvalue weighted by Gasteiger charge is 2.27. The topological polar surface area (TPSA) is 97.0 Å². The Labute approximate surface area is 162 Å². The fourth-order valence-electron chi connectivity index (χ4n) is 2.74. The molecule has 8 nitrogen and oxygen atoms in total. The fraction of sp³-hybridized carbons (Fsp3) is 0.250. The normalized spacial score (nSPS) is 13.2. The summed E-state index contributed by atoms with van der Waals surface area (Å²) in [5, 5.41) is 5.22. The number of para-hydroxylation sites is 2. The van der Waals surface area contributed by atoms with Gasteiger partial charge in [-0.1, -0.05) is 12.1 Å². The molecule has 0 atom stereocenters. The molecule has 2 N–H and O–H groups in total. The molecule has 1 aliphatic rings. The second kappa shape index (κ2) is 8.90. The molecular weight excluding hydrogens is 362 g/mol. The monoisotopic (exact) mass is 383 g/mol. The van der Waals surface area contributed by atoms with Crippen molar-refractivity contribution in [2.45, 2.75) is 12.8 Å². The zero-order chi connectivity index (χ0) is 19.9. The Morgan fingerprint density at radius 1 is 1.11 bits per heavy atom. The van der Waals surface area contributed by atoms with Crippen molar-refractivity contribution in [3.05, 3.63) is 48.5 Å². The van der Waals surface area contributed by atoms with Crippen molar-refractivity contribution in [1.29, 1.82) is 0 Å². The van der Waals surface area contributed by atoms with Crippen LogP contribution in [0.3, 0.4) is 0 Å². The van der Waals surface area contributed by atoms with Crippen molar-refractivity contribution < 1.29 is 23.9 Å². The minimum absolute atomic E-state index is 0.0221. The van der Waals surface area contributed by atoms with Crippen LogP contribution in [0.2, 0.25) is 0 Å². The van der Waals surface area contributed by atoms with Gasteiger partial charge in [0.05, 0.1) is 13.7 Å². The Hall–Kier alpha value is -3.55. The van der Waals surface area contributed by atoms with Crippen LogP contribution in [0.1, 0.15) is 12.8 Å². The molecule has 0 aliphatic carbocycles. The van der Waals surface area contributed by atoms with Crippen LogP contribution in [0, 0.1) is 0 Å². The smallest absolute Gasteiger partial charge is 0.324 e. The minimum atomic E-state index is -0.406. The molecule has 1 heterocycles. The number of carbonyl (C=O) groups excluding carboxylic acids is 3. The third-order valence-corrected chi connectivity index (χ3v) is 4.16. The number of methoxy groups -OCH3 is 1. The number of ether oxygens (including phenoxy) is 2. The maximum Gasteiger partial charge on any atom is 0.324 e. The molecule has 0 unspecified atom stereocenters. The van der Waals surface area contributed by atoms with Gasteiger partial charge in [0.15, 0.2) is 11.5 Å². The van der Waals surface area contributed by atoms with E-state index in [2.05, 4.69) is 10.6 Å². The Morgan fingerprint density at radius 2 is 1.82 bits per heavy atom. The van der Waals surface area contributed by atoms with Gasteiger partial charge in [0.1, 0.15) is 5.75 Å². The molecule has 0 saturated carbocycles. The van der Waals surface area contributed by atoms with Gasteiger partial charge < -0.3 is 20.1 Å². The molecule has 1 aliphatic heterocycles. The quantitative estimate of drug-likeness (QED) is 0.683. The fourth-order valence-corrected chi connectivity index (χ4v) is 2.74. The van der Waals surface area contributed by atoms with E-state index >= 15 is 0 Å². The zero-order valence-corrected chi connectivity index (χ0v) is 15.4. The van der Waals surface area contributed by atoms with Crippen LogP contribution >= 0.6 is 0 Å². The number of nitrogens with zero attached hydrogens (tertiary/aromatic N) is 1. The summed E-state index contributed by atoms with van der Waals surface area (Å²) in [5.74, 6) is 1.38. The van der Waals surface area contributed by atoms with Crippen LogP contribution in [0.25, 0.3) is 0 Å². The predicted octanol–water partition coefficient (Wildman–Crippen LogP) is 2.76. The zero-order valence-electron chi connectivity index (χ0n) is 15.4. The first-order valence-electron chi connectivity index (χ1n) is 8.86. The van der Waals surface area contributed by atoms with Crippen molar-refractivity contribution in [3.63, 3.8) is 0 Å². The number of hydrogen-bond donors (Lipinski definition) is 2. The standard InChI is InChI=1S/C20H21N3O5/c1-27-16-5-2-3-6-17(16)28-15-10-8-14(9-11-15)22-18(24)7-4-12-23-19(25)13-21-20(23)26/h2-3,5-6,8-11H,4,7,12-13H2,1H3,(H,21,26)(H,22,24). The van der Waals surface area contributed by atoms with E-state index in [4.69, 9.17) is 9.47 Å². The Bertz CT molecular complexity index is 850. The molecule has 0 radical (unpaired) electrons. The summed E-state index contributed by atoms with van der Waals surface area (Å²) < 4.78 is 11.0. The molecule has 2 aromatic carbocycles. The van der Waals surface area contributed by atoms with E-state index in [1.165, 1.54) is 0 Å². The molecule has 0 aromatic heterocycles. The highest BCUT2D eigenvalue weighted by Crippen LogP contribution is 2.31. The maximum atomic E-state index is 12.0. The SMILES string of the molecule is COc1ccccc1Oc1ccc(NC(=O)CCCN2C(=O)CNC2=O)cc1. The number of carbonyl (C=O) groups is 3. The van der Waals surface area contributed by atoms with Crippen LogP contribution in [-0.2, 0) is 9.59 Å². The van der Waals surface area contributed by atoms with E-state index < -0.39 is 6.03 Å². The summed E-state index contributed by atoms with van der Waals surface area (Å²) in [5.41, 5.74) is 0.632. The highest BCUT2D eigenvalue weighted by molar-refractivity contribution is 6.02. The number of imide groups is 1. The Balaban J connectivity index is 1.48. The lowest BCUT2D eigenvalue weighted by Crippen LogP contribution is -2.32. The number of benzene rings is 2. The van der Waals surface area contributed by atoms with Crippen LogP contribution in [0.4, 0.5) is 10.5 Å². The number of hydrogen-bond acceptors (Lipinski definition) is 5. The molecule has 1 saturated heterocycles. The number of rotatable bonds is 8. The summed E-state index contributed by atoms with van der Waals surface area (Å²) in [6.45, 7) is 0.248. The summed E-state index contributed by atoms with van der Waals surface area (Å²) >= 11 is 0. The van der Waals surface area contributed by atoms with Crippen LogP contribution < -0.4 is 20.1 Å². The maximum absolute atomic E-state index is 12.0. The molecule has 8 heteroatoms. The van der Waals surface area contributed by atoms with Crippen molar-refractivity contribution in [2.24, 2.45) is 0 Å². The van der Waals surface area contributed by atoms with Gasteiger partial charge in [0, 0.05) is 18.7 Å². The molecule has 28 heavy (non-hydrogen) atoms. The lowest BCUT2D eigenvalue weighted by atomic mass is 10.2. The molecule has 1 fully saturated rings. The minimum Gasteiger partial charge on any atom is -0.493 e. The van der Waals surface area contributed by atoms with Crippen molar-refractivity contribution in [3.8, 4) is 17.2 Å². The van der Waals surface area contributed by atoms with E-state index in [0.29, 0.717) is 29.4 Å². The van der Waals surface area contributed by atoms with Gasteiger partial charge in [-0.15, -0.1) is 0 Å². The van der Waals surface area contributed by atoms with Gasteiger partial charge in [-0.2, -0.15) is 0 Å². The molecule has 146 valence electrons. The third-order valence-electron chi connectivity index (χ3n) is 4.16. The summed E-state index contributed by atoms with van der Waals surface area (Å²) in [6.07, 6.45) is 0.608. The molecule has 2 aromatic rings. The first-order chi connectivity index (χ1) is 13.6. The molecule has 4 amide bonds. The lowest BCUT2D eigenvalue weighted by molar-refractivity contribution is -0.125. The van der Waals surface area contributed by atoms with Gasteiger partial charge in [-0.05, 0) is 42.8 Å². The second-order valence-electron chi connectivity index (χ2n) is 6.13. The first-order valence-corrected chi connectivity index (χ1v) is 8.86. The molecule has 0 spiro atoms. The van der Waals surface area contributed by atoms with Crippen LogP contribution in [0.5, 0.6) is 17.2 Å². The summed E-state index contributed by atoms with van der Waals surface area (Å²) in [7, 11) is 1.58. The van der Waals surface area contributed by atoms with E-state index in [9.17, 15) is 14.4 Å². The number of urea groups is 1. The van der Waals surface area contributed by atoms with Gasteiger partial charge in [0.25, 0.3) is 0 Å². The number of anilines is 1. The summed E-state index contributed by atoms with van der Waals surface area (Å²) in [6, 6.07) is 13.9. The van der Waals surface area contributed by atoms with Gasteiger partial charge in [0.2, 0.25) is 11.8 Å². The van der Waals surface area contributed by atoms with Gasteiger partial charge in [-0.25, -0.2) is 4.79 Å². The van der Waals surface area contributed by atoms with Crippen molar-refractivity contribution in [1.82, 2.24) is 10.2 Å². The molecular formula is C20H21N3O5. The Morgan fingerprint density at radius 3 is 2.46 bits per heavy atom. The van der Waals surface area contributed by atoms with Crippen LogP contribution in [0.15, 0.2) is 48.5 Å². The summed E-state index contributed by atoms with van der Waals surface area (Å²) in [4.78, 5) is 36.1. The van der Waals surface area contributed by atoms with Gasteiger partial charge in [-0.3, -0.25) is 14.5 Å². The van der Waals surface area contributed by atoms with Crippen LogP contribution in [-0.4, -0.2) is 42.9 Å². The van der Waals surface area contributed by atoms with Gasteiger partial charge >= 0.3 is 6.03 Å². The average molecular weight is 383 g/mol. The third kappa shape index (κ3) is 4.79. The largest absolute Gasteiger partial charge is 0.493 e. The Kier molecular flexibility index (Phi) is 6.11. The van der Waals surface area contributed by atoms with E-state index in [-0.39, 0.29) is 31.3 Å². The predicted molar refractivity (Wildman–Crippen MR) is 102 cm³/mol. The highest BCUT2D eigenvalue weighted by atomic mass is 16.5. The molecule has 3 rings (SSSR count). The van der Waals surface area contributed by atoms with E-state index in [0.717, 1.165) is 4.90 Å². The number of nitrogens with one attached hydrogen (secondary N) is 2. The lowest BCUT2D eigenvalue weighted by Gasteiger charge is -2.12.